The summed E-state index contributed by atoms with van der Waals surface area (Å²) in [6, 6.07) is 20.0. The van der Waals surface area contributed by atoms with Crippen molar-refractivity contribution in [3.63, 3.8) is 0 Å². The summed E-state index contributed by atoms with van der Waals surface area (Å²) in [6.45, 7) is 0. The van der Waals surface area contributed by atoms with Crippen LogP contribution in [0.1, 0.15) is 11.5 Å². The van der Waals surface area contributed by atoms with E-state index in [4.69, 9.17) is 8.83 Å². The second kappa shape index (κ2) is 4.42. The number of benzene rings is 2. The van der Waals surface area contributed by atoms with Crippen molar-refractivity contribution in [2.75, 3.05) is 0 Å². The summed E-state index contributed by atoms with van der Waals surface area (Å²) in [5.41, 5.74) is 1.80. The molecular weight excluding hydrogens is 248 g/mol. The summed E-state index contributed by atoms with van der Waals surface area (Å²) < 4.78 is 11.5. The van der Waals surface area contributed by atoms with Crippen LogP contribution in [0.15, 0.2) is 69.5 Å². The standard InChI is InChI=1S/C18H12O2/c1-3-7-17-13(5-1)11-15(19-17)9-10-16-12-14-6-2-4-8-18(14)20-16/h1-12H/b10-9+. The van der Waals surface area contributed by atoms with Crippen LogP contribution in [0.4, 0.5) is 0 Å². The predicted octanol–water partition coefficient (Wildman–Crippen LogP) is 5.35. The van der Waals surface area contributed by atoms with Crippen molar-refractivity contribution in [1.82, 2.24) is 0 Å². The van der Waals surface area contributed by atoms with Crippen molar-refractivity contribution in [2.24, 2.45) is 0 Å². The lowest BCUT2D eigenvalue weighted by Crippen LogP contribution is -1.62. The Bertz CT molecular complexity index is 767. The highest BCUT2D eigenvalue weighted by Gasteiger charge is 2.01. The van der Waals surface area contributed by atoms with E-state index < -0.39 is 0 Å². The molecule has 0 bridgehead atoms. The third-order valence-corrected chi connectivity index (χ3v) is 3.30. The Labute approximate surface area is 115 Å². The van der Waals surface area contributed by atoms with Crippen LogP contribution < -0.4 is 0 Å². The van der Waals surface area contributed by atoms with Crippen LogP contribution in [0.5, 0.6) is 0 Å². The lowest BCUT2D eigenvalue weighted by atomic mass is 10.2. The van der Waals surface area contributed by atoms with Crippen LogP contribution in [-0.4, -0.2) is 0 Å². The van der Waals surface area contributed by atoms with E-state index in [1.54, 1.807) is 0 Å². The van der Waals surface area contributed by atoms with E-state index >= 15 is 0 Å². The van der Waals surface area contributed by atoms with Gasteiger partial charge in [0, 0.05) is 10.8 Å². The second-order valence-electron chi connectivity index (χ2n) is 4.71. The SMILES string of the molecule is C(=C\c1cc2ccccc2o1)/c1cc2ccccc2o1. The average molecular weight is 260 g/mol. The quantitative estimate of drug-likeness (QED) is 0.485. The molecule has 0 saturated heterocycles. The zero-order valence-electron chi connectivity index (χ0n) is 10.7. The molecule has 2 heteroatoms. The third kappa shape index (κ3) is 1.91. The molecule has 0 radical (unpaired) electrons. The van der Waals surface area contributed by atoms with E-state index in [1.807, 2.05) is 72.8 Å². The first-order valence-electron chi connectivity index (χ1n) is 6.54. The van der Waals surface area contributed by atoms with Crippen molar-refractivity contribution < 1.29 is 8.83 Å². The van der Waals surface area contributed by atoms with Gasteiger partial charge in [-0.25, -0.2) is 0 Å². The van der Waals surface area contributed by atoms with Gasteiger partial charge in [0.25, 0.3) is 0 Å². The maximum absolute atomic E-state index is 5.74. The van der Waals surface area contributed by atoms with Crippen LogP contribution >= 0.6 is 0 Å². The van der Waals surface area contributed by atoms with Gasteiger partial charge in [0.2, 0.25) is 0 Å². The number of hydrogen-bond donors (Lipinski definition) is 0. The van der Waals surface area contributed by atoms with Gasteiger partial charge in [0.1, 0.15) is 22.7 Å². The fraction of sp³-hybridized carbons (Fsp3) is 0. The molecule has 4 rings (SSSR count). The molecule has 0 aliphatic rings. The highest BCUT2D eigenvalue weighted by atomic mass is 16.3. The fourth-order valence-electron chi connectivity index (χ4n) is 2.33. The first kappa shape index (κ1) is 11.1. The predicted molar refractivity (Wildman–Crippen MR) is 81.4 cm³/mol. The lowest BCUT2D eigenvalue weighted by molar-refractivity contribution is 0.599. The van der Waals surface area contributed by atoms with Gasteiger partial charge < -0.3 is 8.83 Å². The van der Waals surface area contributed by atoms with Crippen molar-refractivity contribution in [1.29, 1.82) is 0 Å². The van der Waals surface area contributed by atoms with Crippen LogP contribution in [0, 0.1) is 0 Å². The van der Waals surface area contributed by atoms with Crippen LogP contribution in [0.2, 0.25) is 0 Å². The van der Waals surface area contributed by atoms with E-state index in [0.717, 1.165) is 33.5 Å². The summed E-state index contributed by atoms with van der Waals surface area (Å²) in [7, 11) is 0. The molecule has 0 saturated carbocycles. The first-order valence-corrected chi connectivity index (χ1v) is 6.54. The van der Waals surface area contributed by atoms with Gasteiger partial charge in [-0.15, -0.1) is 0 Å². The number of para-hydroxylation sites is 2. The number of furan rings is 2. The minimum absolute atomic E-state index is 0.826. The largest absolute Gasteiger partial charge is 0.457 e. The van der Waals surface area contributed by atoms with E-state index in [2.05, 4.69) is 0 Å². The van der Waals surface area contributed by atoms with Crippen LogP contribution in [0.25, 0.3) is 34.1 Å². The van der Waals surface area contributed by atoms with Gasteiger partial charge in [0.15, 0.2) is 0 Å². The molecule has 4 aromatic rings. The van der Waals surface area contributed by atoms with Gasteiger partial charge in [0.05, 0.1) is 0 Å². The number of fused-ring (bicyclic) bond motifs is 2. The van der Waals surface area contributed by atoms with Gasteiger partial charge in [-0.2, -0.15) is 0 Å². The summed E-state index contributed by atoms with van der Waals surface area (Å²) >= 11 is 0. The molecule has 0 N–H and O–H groups in total. The highest BCUT2D eigenvalue weighted by molar-refractivity contribution is 5.83. The Hall–Kier alpha value is -2.74. The first-order chi connectivity index (χ1) is 9.88. The van der Waals surface area contributed by atoms with E-state index in [0.29, 0.717) is 0 Å². The number of rotatable bonds is 2. The van der Waals surface area contributed by atoms with Gasteiger partial charge in [-0.3, -0.25) is 0 Å². The summed E-state index contributed by atoms with van der Waals surface area (Å²) in [5, 5.41) is 2.22. The normalized spacial score (nSPS) is 11.8. The highest BCUT2D eigenvalue weighted by Crippen LogP contribution is 2.23. The molecule has 2 nitrogen and oxygen atoms in total. The van der Waals surface area contributed by atoms with Crippen molar-refractivity contribution in [2.45, 2.75) is 0 Å². The molecule has 0 aliphatic carbocycles. The smallest absolute Gasteiger partial charge is 0.134 e. The molecular formula is C18H12O2. The minimum Gasteiger partial charge on any atom is -0.457 e. The maximum atomic E-state index is 5.74. The fourth-order valence-corrected chi connectivity index (χ4v) is 2.33. The molecule has 0 aliphatic heterocycles. The van der Waals surface area contributed by atoms with Gasteiger partial charge >= 0.3 is 0 Å². The minimum atomic E-state index is 0.826. The molecule has 0 unspecified atom stereocenters. The zero-order valence-corrected chi connectivity index (χ0v) is 10.7. The summed E-state index contributed by atoms with van der Waals surface area (Å²) in [5.74, 6) is 1.65. The number of hydrogen-bond acceptors (Lipinski definition) is 2. The second-order valence-corrected chi connectivity index (χ2v) is 4.71. The molecule has 0 atom stereocenters. The Morgan fingerprint density at radius 1 is 0.600 bits per heavy atom. The van der Waals surface area contributed by atoms with E-state index in [1.165, 1.54) is 0 Å². The van der Waals surface area contributed by atoms with E-state index in [-0.39, 0.29) is 0 Å². The Balaban J connectivity index is 1.70. The van der Waals surface area contributed by atoms with Crippen LogP contribution in [-0.2, 0) is 0 Å². The van der Waals surface area contributed by atoms with Gasteiger partial charge in [-0.1, -0.05) is 36.4 Å². The average Bonchev–Trinajstić information content (AvgIpc) is 3.07. The third-order valence-electron chi connectivity index (χ3n) is 3.30. The van der Waals surface area contributed by atoms with E-state index in [9.17, 15) is 0 Å². The molecule has 0 fully saturated rings. The molecule has 96 valence electrons. The Morgan fingerprint density at radius 2 is 1.05 bits per heavy atom. The summed E-state index contributed by atoms with van der Waals surface area (Å²) in [4.78, 5) is 0. The van der Waals surface area contributed by atoms with Crippen molar-refractivity contribution in [3.05, 3.63) is 72.2 Å². The molecule has 2 heterocycles. The molecule has 2 aromatic carbocycles. The summed E-state index contributed by atoms with van der Waals surface area (Å²) in [6.07, 6.45) is 3.86. The molecule has 20 heavy (non-hydrogen) atoms. The van der Waals surface area contributed by atoms with Crippen molar-refractivity contribution in [3.8, 4) is 0 Å². The topological polar surface area (TPSA) is 26.3 Å². The Kier molecular flexibility index (Phi) is 2.46. The van der Waals surface area contributed by atoms with Gasteiger partial charge in [-0.05, 0) is 36.4 Å². The lowest BCUT2D eigenvalue weighted by Gasteiger charge is -1.85. The molecule has 0 spiro atoms. The zero-order chi connectivity index (χ0) is 13.4. The monoisotopic (exact) mass is 260 g/mol. The Morgan fingerprint density at radius 3 is 1.50 bits per heavy atom. The maximum Gasteiger partial charge on any atom is 0.134 e. The molecule has 0 amide bonds. The molecule has 2 aromatic heterocycles. The van der Waals surface area contributed by atoms with Crippen LogP contribution in [0.3, 0.4) is 0 Å². The van der Waals surface area contributed by atoms with Crippen molar-refractivity contribution >= 4 is 34.1 Å².